The number of aliphatic hydroxyl groups is 1. The average Bonchev–Trinajstić information content (AvgIpc) is 3.47. The summed E-state index contributed by atoms with van der Waals surface area (Å²) in [6.07, 6.45) is 6.31. The molecule has 2 bridgehead atoms. The van der Waals surface area contributed by atoms with Gasteiger partial charge in [0.1, 0.15) is 17.6 Å². The summed E-state index contributed by atoms with van der Waals surface area (Å²) in [5.41, 5.74) is -1.48. The summed E-state index contributed by atoms with van der Waals surface area (Å²) >= 11 is 0. The Morgan fingerprint density at radius 1 is 1.17 bits per heavy atom. The molecule has 8 heteroatoms. The fourth-order valence-electron chi connectivity index (χ4n) is 7.32. The number of unbranched alkanes of at least 4 members (excludes halogenated alkanes) is 2. The lowest BCUT2D eigenvalue weighted by Crippen LogP contribution is -2.57. The van der Waals surface area contributed by atoms with Gasteiger partial charge in [0.25, 0.3) is 5.91 Å². The maximum absolute atomic E-state index is 14.6. The third kappa shape index (κ3) is 4.67. The van der Waals surface area contributed by atoms with E-state index in [9.17, 15) is 19.5 Å². The summed E-state index contributed by atoms with van der Waals surface area (Å²) in [5.74, 6) is -2.94. The molecule has 3 unspecified atom stereocenters. The first kappa shape index (κ1) is 29.0. The largest absolute Gasteiger partial charge is 0.465 e. The summed E-state index contributed by atoms with van der Waals surface area (Å²) in [6, 6.07) is 12.7. The Bertz CT molecular complexity index is 1360. The highest BCUT2D eigenvalue weighted by atomic mass is 16.6. The molecule has 2 amide bonds. The normalized spacial score (nSPS) is 29.9. The van der Waals surface area contributed by atoms with Gasteiger partial charge in [0.05, 0.1) is 24.7 Å². The monoisotopic (exact) mass is 560 g/mol. The Kier molecular flexibility index (Phi) is 8.08. The number of carbonyl (C=O) groups excluding carboxylic acids is 3. The Balaban J connectivity index is 1.52. The lowest BCUT2D eigenvalue weighted by Gasteiger charge is -2.37. The lowest BCUT2D eigenvalue weighted by atomic mass is 9.62. The van der Waals surface area contributed by atoms with E-state index in [2.05, 4.69) is 13.2 Å². The Labute approximate surface area is 241 Å². The number of hydrogen-bond donors (Lipinski definition) is 1. The molecule has 218 valence electrons. The predicted molar refractivity (Wildman–Crippen MR) is 157 cm³/mol. The molecule has 3 aliphatic heterocycles. The van der Waals surface area contributed by atoms with Crippen LogP contribution in [0.2, 0.25) is 0 Å². The van der Waals surface area contributed by atoms with Gasteiger partial charge in [0.15, 0.2) is 0 Å². The lowest BCUT2D eigenvalue weighted by molar-refractivity contribution is -0.161. The molecular weight excluding hydrogens is 520 g/mol. The Morgan fingerprint density at radius 2 is 1.93 bits per heavy atom. The van der Waals surface area contributed by atoms with Gasteiger partial charge in [-0.1, -0.05) is 49.4 Å². The molecule has 0 aromatic heterocycles. The molecule has 3 aliphatic rings. The topological polar surface area (TPSA) is 96.4 Å². The zero-order valence-corrected chi connectivity index (χ0v) is 24.0. The van der Waals surface area contributed by atoms with Crippen LogP contribution in [0.15, 0.2) is 67.8 Å². The van der Waals surface area contributed by atoms with Crippen LogP contribution < -0.4 is 4.90 Å². The van der Waals surface area contributed by atoms with Gasteiger partial charge in [0, 0.05) is 18.8 Å². The van der Waals surface area contributed by atoms with Gasteiger partial charge in [-0.15, -0.1) is 13.2 Å². The van der Waals surface area contributed by atoms with Gasteiger partial charge < -0.3 is 24.4 Å². The van der Waals surface area contributed by atoms with Crippen molar-refractivity contribution in [3.05, 3.63) is 67.8 Å². The fraction of sp³-hybridized carbons (Fsp3) is 0.485. The van der Waals surface area contributed by atoms with E-state index in [4.69, 9.17) is 9.47 Å². The third-order valence-corrected chi connectivity index (χ3v) is 9.31. The first-order chi connectivity index (χ1) is 19.7. The third-order valence-electron chi connectivity index (χ3n) is 9.31. The number of ether oxygens (including phenoxy) is 2. The van der Waals surface area contributed by atoms with Crippen LogP contribution in [-0.4, -0.2) is 71.3 Å². The number of β-amino-alcohol motifs (C(OH)–C–C–N with tert-alkyl or cyclic N) is 1. The van der Waals surface area contributed by atoms with E-state index >= 15 is 0 Å². The van der Waals surface area contributed by atoms with Gasteiger partial charge >= 0.3 is 5.97 Å². The fourth-order valence-corrected chi connectivity index (χ4v) is 7.32. The van der Waals surface area contributed by atoms with Crippen molar-refractivity contribution >= 4 is 34.2 Å². The Hall–Kier alpha value is -3.49. The minimum absolute atomic E-state index is 0.0368. The molecule has 0 aliphatic carbocycles. The average molecular weight is 561 g/mol. The maximum Gasteiger partial charge on any atom is 0.312 e. The molecule has 0 saturated carbocycles. The molecule has 5 rings (SSSR count). The zero-order valence-electron chi connectivity index (χ0n) is 24.0. The summed E-state index contributed by atoms with van der Waals surface area (Å²) in [4.78, 5) is 45.3. The van der Waals surface area contributed by atoms with Crippen LogP contribution in [0.4, 0.5) is 5.69 Å². The van der Waals surface area contributed by atoms with Crippen LogP contribution in [0.3, 0.4) is 0 Å². The van der Waals surface area contributed by atoms with Gasteiger partial charge in [-0.05, 0) is 61.4 Å². The SMILES string of the molecule is C=CCCCCOC(=O)[C@H]1[C@H]2C(=O)N(CCO)C(C(=O)N(CC=C)c3ccc4ccccc4c3)C23CC(C)[C@]1(C)O3. The molecule has 1 spiro atoms. The molecule has 2 aromatic carbocycles. The molecule has 6 atom stereocenters. The summed E-state index contributed by atoms with van der Waals surface area (Å²) < 4.78 is 12.4. The number of benzene rings is 2. The highest BCUT2D eigenvalue weighted by molar-refractivity contribution is 6.05. The number of allylic oxidation sites excluding steroid dienone is 1. The molecule has 0 radical (unpaired) electrons. The molecule has 2 aromatic rings. The number of nitrogens with zero attached hydrogens (tertiary/aromatic N) is 2. The number of carbonyl (C=O) groups is 3. The number of esters is 1. The molecule has 8 nitrogen and oxygen atoms in total. The molecule has 3 heterocycles. The van der Waals surface area contributed by atoms with Gasteiger partial charge in [-0.3, -0.25) is 14.4 Å². The molecule has 3 saturated heterocycles. The second-order valence-electron chi connectivity index (χ2n) is 11.7. The highest BCUT2D eigenvalue weighted by Gasteiger charge is 2.80. The van der Waals surface area contributed by atoms with Crippen molar-refractivity contribution in [2.24, 2.45) is 17.8 Å². The van der Waals surface area contributed by atoms with Crippen molar-refractivity contribution in [2.75, 3.05) is 31.2 Å². The zero-order chi connectivity index (χ0) is 29.4. The molecular formula is C33H40N2O6. The summed E-state index contributed by atoms with van der Waals surface area (Å²) in [6.45, 7) is 11.6. The van der Waals surface area contributed by atoms with E-state index in [0.29, 0.717) is 18.5 Å². The first-order valence-electron chi connectivity index (χ1n) is 14.5. The van der Waals surface area contributed by atoms with Crippen molar-refractivity contribution < 1.29 is 29.0 Å². The number of amides is 2. The maximum atomic E-state index is 14.6. The van der Waals surface area contributed by atoms with Crippen molar-refractivity contribution in [1.82, 2.24) is 4.90 Å². The van der Waals surface area contributed by atoms with E-state index in [1.165, 1.54) is 4.90 Å². The van der Waals surface area contributed by atoms with Crippen molar-refractivity contribution in [2.45, 2.75) is 56.8 Å². The van der Waals surface area contributed by atoms with Gasteiger partial charge in [-0.25, -0.2) is 0 Å². The molecule has 3 fully saturated rings. The second-order valence-corrected chi connectivity index (χ2v) is 11.7. The van der Waals surface area contributed by atoms with Crippen LogP contribution in [0, 0.1) is 17.8 Å². The van der Waals surface area contributed by atoms with Crippen LogP contribution in [0.1, 0.15) is 39.5 Å². The number of hydrogen-bond acceptors (Lipinski definition) is 6. The standard InChI is InChI=1S/C33H40N2O6/c1-5-7-8-11-19-40-31(39)27-26-29(37)35(17-18-36)28(33(26)21-22(3)32(27,4)41-33)30(38)34(16-6-2)25-15-14-23-12-9-10-13-24(23)20-25/h5-6,9-10,12-15,20,22,26-28,36H,1-2,7-8,11,16-19,21H2,3-4H3/t22?,26-,27+,28?,32-,33?/m0/s1. The van der Waals surface area contributed by atoms with Crippen molar-refractivity contribution in [3.63, 3.8) is 0 Å². The number of likely N-dealkylation sites (tertiary alicyclic amines) is 1. The summed E-state index contributed by atoms with van der Waals surface area (Å²) in [7, 11) is 0. The number of aliphatic hydroxyl groups excluding tert-OH is 1. The van der Waals surface area contributed by atoms with Crippen molar-refractivity contribution in [3.8, 4) is 0 Å². The number of anilines is 1. The first-order valence-corrected chi connectivity index (χ1v) is 14.5. The van der Waals surface area contributed by atoms with Crippen LogP contribution in [-0.2, 0) is 23.9 Å². The van der Waals surface area contributed by atoms with Crippen LogP contribution in [0.25, 0.3) is 10.8 Å². The molecule has 1 N–H and O–H groups in total. The predicted octanol–water partition coefficient (Wildman–Crippen LogP) is 4.26. The van der Waals surface area contributed by atoms with E-state index in [1.54, 1.807) is 11.0 Å². The van der Waals surface area contributed by atoms with Gasteiger partial charge in [0.2, 0.25) is 5.91 Å². The van der Waals surface area contributed by atoms with Gasteiger partial charge in [-0.2, -0.15) is 0 Å². The number of fused-ring (bicyclic) bond motifs is 2. The van der Waals surface area contributed by atoms with Crippen LogP contribution >= 0.6 is 0 Å². The smallest absolute Gasteiger partial charge is 0.312 e. The van der Waals surface area contributed by atoms with E-state index in [0.717, 1.165) is 23.6 Å². The second kappa shape index (κ2) is 11.4. The quantitative estimate of drug-likeness (QED) is 0.237. The van der Waals surface area contributed by atoms with Crippen molar-refractivity contribution in [1.29, 1.82) is 0 Å². The minimum atomic E-state index is -1.21. The van der Waals surface area contributed by atoms with E-state index in [1.807, 2.05) is 62.4 Å². The molecule has 41 heavy (non-hydrogen) atoms. The number of rotatable bonds is 12. The summed E-state index contributed by atoms with van der Waals surface area (Å²) in [5, 5.41) is 12.0. The van der Waals surface area contributed by atoms with E-state index in [-0.39, 0.29) is 44.0 Å². The highest BCUT2D eigenvalue weighted by Crippen LogP contribution is 2.65. The van der Waals surface area contributed by atoms with E-state index < -0.39 is 35.0 Å². The van der Waals surface area contributed by atoms with Crippen LogP contribution in [0.5, 0.6) is 0 Å². The Morgan fingerprint density at radius 3 is 2.63 bits per heavy atom. The minimum Gasteiger partial charge on any atom is -0.465 e.